The van der Waals surface area contributed by atoms with E-state index in [-0.39, 0.29) is 54.9 Å². The first-order chi connectivity index (χ1) is 16.1. The zero-order chi connectivity index (χ0) is 25.2. The molecule has 0 unspecified atom stereocenters. The number of halogens is 5. The number of carbonyl (C=O) groups excluding carboxylic acids is 1. The molecule has 1 aliphatic rings. The molecule has 8 nitrogen and oxygen atoms in total. The van der Waals surface area contributed by atoms with Gasteiger partial charge in [-0.1, -0.05) is 11.6 Å². The highest BCUT2D eigenvalue weighted by Crippen LogP contribution is 2.34. The average Bonchev–Trinajstić information content (AvgIpc) is 2.82. The maximum atomic E-state index is 14.2. The van der Waals surface area contributed by atoms with E-state index in [2.05, 4.69) is 5.32 Å². The van der Waals surface area contributed by atoms with Crippen molar-refractivity contribution in [2.45, 2.75) is 6.92 Å². The van der Waals surface area contributed by atoms with Gasteiger partial charge in [0.2, 0.25) is 0 Å². The second-order valence-corrected chi connectivity index (χ2v) is 7.79. The van der Waals surface area contributed by atoms with Crippen LogP contribution in [-0.2, 0) is 0 Å². The smallest absolute Gasteiger partial charge is 0.311 e. The van der Waals surface area contributed by atoms with Crippen molar-refractivity contribution in [2.75, 3.05) is 37.7 Å². The number of hydrogen-bond acceptors (Lipinski definition) is 6. The summed E-state index contributed by atoms with van der Waals surface area (Å²) in [7, 11) is 0. The van der Waals surface area contributed by atoms with Crippen LogP contribution in [0.25, 0.3) is 0 Å². The van der Waals surface area contributed by atoms with Gasteiger partial charge in [0.05, 0.1) is 11.5 Å². The number of nitrogens with one attached hydrogen (secondary N) is 1. The molecule has 0 aromatic heterocycles. The lowest BCUT2D eigenvalue weighted by molar-refractivity contribution is -0.385. The molecule has 3 rings (SSSR count). The second kappa shape index (κ2) is 10.4. The number of rotatable bonds is 5. The van der Waals surface area contributed by atoms with Gasteiger partial charge in [0.15, 0.2) is 34.1 Å². The highest BCUT2D eigenvalue weighted by atomic mass is 35.5. The standard InChI is InChI=1S/C20H17ClF4N4O4S/c1-2-33-12-4-3-10(9-11(12)29(31)32)19(30)26-20(34)28-7-5-27(6-8-28)18-16(24)14(22)13(21)15(23)17(18)25/h3-4,9H,2,5-8H2,1H3,(H,26,30,34). The van der Waals surface area contributed by atoms with E-state index in [0.717, 1.165) is 11.0 Å². The van der Waals surface area contributed by atoms with Crippen molar-refractivity contribution in [1.82, 2.24) is 10.2 Å². The fourth-order valence-corrected chi connectivity index (χ4v) is 3.77. The van der Waals surface area contributed by atoms with Crippen LogP contribution in [0.15, 0.2) is 18.2 Å². The SMILES string of the molecule is CCOc1ccc(C(=O)NC(=S)N2CCN(c3c(F)c(F)c(Cl)c(F)c3F)CC2)cc1[N+](=O)[O-]. The highest BCUT2D eigenvalue weighted by Gasteiger charge is 2.30. The van der Waals surface area contributed by atoms with E-state index >= 15 is 0 Å². The Morgan fingerprint density at radius 3 is 2.26 bits per heavy atom. The van der Waals surface area contributed by atoms with Crippen LogP contribution in [0.3, 0.4) is 0 Å². The first-order valence-corrected chi connectivity index (χ1v) is 10.6. The number of thiocarbonyl (C=S) groups is 1. The Balaban J connectivity index is 1.67. The molecule has 1 amide bonds. The normalized spacial score (nSPS) is 13.6. The number of carbonyl (C=O) groups is 1. The topological polar surface area (TPSA) is 88.0 Å². The van der Waals surface area contributed by atoms with Crippen LogP contribution in [0.2, 0.25) is 5.02 Å². The number of hydrogen-bond donors (Lipinski definition) is 1. The minimum atomic E-state index is -1.69. The Hall–Kier alpha value is -3.19. The molecule has 0 aliphatic carbocycles. The van der Waals surface area contributed by atoms with E-state index < -0.39 is 44.8 Å². The van der Waals surface area contributed by atoms with Crippen LogP contribution in [0.5, 0.6) is 5.75 Å². The fourth-order valence-electron chi connectivity index (χ4n) is 3.33. The third kappa shape index (κ3) is 4.99. The number of nitro groups is 1. The Bertz CT molecular complexity index is 1130. The van der Waals surface area contributed by atoms with Crippen molar-refractivity contribution in [3.05, 3.63) is 62.2 Å². The van der Waals surface area contributed by atoms with Gasteiger partial charge in [0.1, 0.15) is 10.7 Å². The van der Waals surface area contributed by atoms with E-state index in [1.54, 1.807) is 6.92 Å². The Morgan fingerprint density at radius 1 is 1.15 bits per heavy atom. The quantitative estimate of drug-likeness (QED) is 0.159. The molecule has 1 fully saturated rings. The number of amides is 1. The Kier molecular flexibility index (Phi) is 7.77. The summed E-state index contributed by atoms with van der Waals surface area (Å²) in [5.41, 5.74) is -1.30. The van der Waals surface area contributed by atoms with Crippen LogP contribution < -0.4 is 15.0 Å². The summed E-state index contributed by atoms with van der Waals surface area (Å²) in [5.74, 6) is -7.29. The Morgan fingerprint density at radius 2 is 1.74 bits per heavy atom. The molecule has 34 heavy (non-hydrogen) atoms. The van der Waals surface area contributed by atoms with Gasteiger partial charge in [-0.3, -0.25) is 20.2 Å². The van der Waals surface area contributed by atoms with Crippen molar-refractivity contribution in [3.63, 3.8) is 0 Å². The fraction of sp³-hybridized carbons (Fsp3) is 0.300. The first kappa shape index (κ1) is 25.4. The summed E-state index contributed by atoms with van der Waals surface area (Å²) in [4.78, 5) is 25.7. The number of nitro benzene ring substituents is 1. The van der Waals surface area contributed by atoms with Crippen molar-refractivity contribution >= 4 is 46.2 Å². The molecule has 1 saturated heterocycles. The number of anilines is 1. The minimum absolute atomic E-state index is 0.0114. The van der Waals surface area contributed by atoms with E-state index in [1.165, 1.54) is 17.0 Å². The monoisotopic (exact) mass is 520 g/mol. The van der Waals surface area contributed by atoms with Gasteiger partial charge >= 0.3 is 5.69 Å². The molecule has 14 heteroatoms. The molecule has 2 aromatic rings. The second-order valence-electron chi connectivity index (χ2n) is 7.02. The molecule has 0 saturated carbocycles. The molecule has 1 heterocycles. The predicted octanol–water partition coefficient (Wildman–Crippen LogP) is 4.04. The third-order valence-corrected chi connectivity index (χ3v) is 5.70. The van der Waals surface area contributed by atoms with Crippen LogP contribution in [0.4, 0.5) is 28.9 Å². The van der Waals surface area contributed by atoms with Gasteiger partial charge in [0, 0.05) is 37.8 Å². The molecule has 1 aliphatic heterocycles. The van der Waals surface area contributed by atoms with Crippen LogP contribution in [0.1, 0.15) is 17.3 Å². The molecular weight excluding hydrogens is 504 g/mol. The largest absolute Gasteiger partial charge is 0.487 e. The molecule has 0 spiro atoms. The van der Waals surface area contributed by atoms with Gasteiger partial charge in [-0.25, -0.2) is 17.6 Å². The third-order valence-electron chi connectivity index (χ3n) is 5.01. The van der Waals surface area contributed by atoms with Crippen molar-refractivity contribution < 1.29 is 32.0 Å². The number of benzene rings is 2. The van der Waals surface area contributed by atoms with Gasteiger partial charge < -0.3 is 14.5 Å². The minimum Gasteiger partial charge on any atom is -0.487 e. The van der Waals surface area contributed by atoms with E-state index in [0.29, 0.717) is 0 Å². The van der Waals surface area contributed by atoms with Gasteiger partial charge in [-0.15, -0.1) is 0 Å². The van der Waals surface area contributed by atoms with Crippen LogP contribution >= 0.6 is 23.8 Å². The lowest BCUT2D eigenvalue weighted by Gasteiger charge is -2.37. The van der Waals surface area contributed by atoms with Gasteiger partial charge in [-0.05, 0) is 31.3 Å². The van der Waals surface area contributed by atoms with Gasteiger partial charge in [-0.2, -0.15) is 0 Å². The highest BCUT2D eigenvalue weighted by molar-refractivity contribution is 7.80. The summed E-state index contributed by atoms with van der Waals surface area (Å²) < 4.78 is 61.1. The molecule has 0 radical (unpaired) electrons. The van der Waals surface area contributed by atoms with E-state index in [9.17, 15) is 32.5 Å². The van der Waals surface area contributed by atoms with Gasteiger partial charge in [0.25, 0.3) is 5.91 Å². The number of piperazine rings is 1. The summed E-state index contributed by atoms with van der Waals surface area (Å²) >= 11 is 10.5. The molecular formula is C20H17ClF4N4O4S. The molecule has 182 valence electrons. The summed E-state index contributed by atoms with van der Waals surface area (Å²) in [5, 5.41) is 12.4. The zero-order valence-electron chi connectivity index (χ0n) is 17.5. The lowest BCUT2D eigenvalue weighted by Crippen LogP contribution is -2.53. The van der Waals surface area contributed by atoms with Crippen molar-refractivity contribution in [1.29, 1.82) is 0 Å². The predicted molar refractivity (Wildman–Crippen MR) is 119 cm³/mol. The number of nitrogens with zero attached hydrogens (tertiary/aromatic N) is 3. The lowest BCUT2D eigenvalue weighted by atomic mass is 10.1. The average molecular weight is 521 g/mol. The maximum absolute atomic E-state index is 14.2. The van der Waals surface area contributed by atoms with E-state index in [1.807, 2.05) is 0 Å². The van der Waals surface area contributed by atoms with Crippen molar-refractivity contribution in [3.8, 4) is 5.75 Å². The zero-order valence-corrected chi connectivity index (χ0v) is 19.1. The maximum Gasteiger partial charge on any atom is 0.311 e. The summed E-state index contributed by atoms with van der Waals surface area (Å²) in [6, 6.07) is 3.69. The molecule has 0 bridgehead atoms. The first-order valence-electron chi connectivity index (χ1n) is 9.84. The van der Waals surface area contributed by atoms with Crippen molar-refractivity contribution in [2.24, 2.45) is 0 Å². The van der Waals surface area contributed by atoms with Crippen LogP contribution in [-0.4, -0.2) is 53.6 Å². The number of ether oxygens (including phenoxy) is 1. The molecule has 2 aromatic carbocycles. The summed E-state index contributed by atoms with van der Waals surface area (Å²) in [6.07, 6.45) is 0. The van der Waals surface area contributed by atoms with Crippen LogP contribution in [0, 0.1) is 33.4 Å². The molecule has 1 N–H and O–H groups in total. The molecule has 0 atom stereocenters. The van der Waals surface area contributed by atoms with E-state index in [4.69, 9.17) is 28.6 Å². The summed E-state index contributed by atoms with van der Waals surface area (Å²) in [6.45, 7) is 1.84. The Labute approximate surface area is 201 Å².